The van der Waals surface area contributed by atoms with E-state index in [-0.39, 0.29) is 12.4 Å². The maximum Gasteiger partial charge on any atom is 0.119 e. The molecule has 0 radical (unpaired) electrons. The molecular weight excluding hydrogens is 380 g/mol. The van der Waals surface area contributed by atoms with Gasteiger partial charge in [0.05, 0.1) is 12.6 Å². The molecule has 0 amide bonds. The number of unbranched alkanes of at least 4 members (excludes halogenated alkanes) is 8. The number of rotatable bonds is 12. The SMILES string of the molecule is CCCCCCCCCCCNc1c2c(nc3ccc(OC)cc13)CCCC2.Cl. The lowest BCUT2D eigenvalue weighted by molar-refractivity contribution is 0.415. The van der Waals surface area contributed by atoms with Crippen LogP contribution < -0.4 is 10.1 Å². The molecular formula is C25H39ClN2O. The van der Waals surface area contributed by atoms with Gasteiger partial charge in [0.2, 0.25) is 0 Å². The summed E-state index contributed by atoms with van der Waals surface area (Å²) < 4.78 is 5.47. The van der Waals surface area contributed by atoms with Gasteiger partial charge < -0.3 is 10.1 Å². The van der Waals surface area contributed by atoms with Crippen molar-refractivity contribution in [1.29, 1.82) is 0 Å². The van der Waals surface area contributed by atoms with E-state index < -0.39 is 0 Å². The molecule has 1 aromatic carbocycles. The normalized spacial score (nSPS) is 13.0. The standard InChI is InChI=1S/C25H38N2O.ClH/c1-3-4-5-6-7-8-9-10-13-18-26-25-21-14-11-12-15-23(21)27-24-17-16-20(28-2)19-22(24)25;/h16-17,19H,3-15,18H2,1-2H3,(H,26,27);1H. The van der Waals surface area contributed by atoms with Gasteiger partial charge >= 0.3 is 0 Å². The highest BCUT2D eigenvalue weighted by molar-refractivity contribution is 5.94. The van der Waals surface area contributed by atoms with Crippen molar-refractivity contribution in [2.24, 2.45) is 0 Å². The lowest BCUT2D eigenvalue weighted by atomic mass is 9.92. The van der Waals surface area contributed by atoms with Gasteiger partial charge in [-0.2, -0.15) is 0 Å². The van der Waals surface area contributed by atoms with Crippen molar-refractivity contribution in [2.45, 2.75) is 90.4 Å². The first-order chi connectivity index (χ1) is 13.8. The van der Waals surface area contributed by atoms with Gasteiger partial charge in [-0.1, -0.05) is 58.3 Å². The summed E-state index contributed by atoms with van der Waals surface area (Å²) in [5.74, 6) is 0.913. The minimum atomic E-state index is 0. The molecule has 0 aliphatic heterocycles. The number of nitrogens with zero attached hydrogens (tertiary/aromatic N) is 1. The number of pyridine rings is 1. The van der Waals surface area contributed by atoms with E-state index in [0.717, 1.165) is 30.7 Å². The first-order valence-electron chi connectivity index (χ1n) is 11.6. The van der Waals surface area contributed by atoms with Crippen LogP contribution in [0.3, 0.4) is 0 Å². The van der Waals surface area contributed by atoms with Gasteiger partial charge in [-0.25, -0.2) is 0 Å². The van der Waals surface area contributed by atoms with Crippen molar-refractivity contribution in [3.05, 3.63) is 29.5 Å². The molecule has 0 fully saturated rings. The lowest BCUT2D eigenvalue weighted by Crippen LogP contribution is -2.12. The first-order valence-corrected chi connectivity index (χ1v) is 11.6. The number of hydrogen-bond donors (Lipinski definition) is 1. The second kappa shape index (κ2) is 13.0. The maximum absolute atomic E-state index is 5.47. The smallest absolute Gasteiger partial charge is 0.119 e. The number of ether oxygens (including phenoxy) is 1. The molecule has 3 nitrogen and oxygen atoms in total. The minimum absolute atomic E-state index is 0. The van der Waals surface area contributed by atoms with Crippen LogP contribution in [-0.4, -0.2) is 18.6 Å². The molecule has 1 aromatic heterocycles. The molecule has 1 aliphatic carbocycles. The molecule has 29 heavy (non-hydrogen) atoms. The van der Waals surface area contributed by atoms with Crippen LogP contribution in [0, 0.1) is 0 Å². The Morgan fingerprint density at radius 1 is 0.931 bits per heavy atom. The summed E-state index contributed by atoms with van der Waals surface area (Å²) in [7, 11) is 1.74. The van der Waals surface area contributed by atoms with Crippen molar-refractivity contribution >= 4 is 29.0 Å². The topological polar surface area (TPSA) is 34.2 Å². The number of fused-ring (bicyclic) bond motifs is 2. The number of hydrogen-bond acceptors (Lipinski definition) is 3. The Morgan fingerprint density at radius 2 is 1.62 bits per heavy atom. The highest BCUT2D eigenvalue weighted by Crippen LogP contribution is 2.35. The molecule has 1 heterocycles. The first kappa shape index (κ1) is 23.8. The van der Waals surface area contributed by atoms with Crippen LogP contribution >= 0.6 is 12.4 Å². The number of nitrogens with one attached hydrogen (secondary N) is 1. The predicted octanol–water partition coefficient (Wildman–Crippen LogP) is 7.49. The van der Waals surface area contributed by atoms with Crippen molar-refractivity contribution in [1.82, 2.24) is 4.98 Å². The molecule has 0 atom stereocenters. The van der Waals surface area contributed by atoms with E-state index >= 15 is 0 Å². The number of aromatic nitrogens is 1. The summed E-state index contributed by atoms with van der Waals surface area (Å²) in [6, 6.07) is 6.28. The highest BCUT2D eigenvalue weighted by atomic mass is 35.5. The van der Waals surface area contributed by atoms with E-state index in [4.69, 9.17) is 9.72 Å². The van der Waals surface area contributed by atoms with Crippen LogP contribution in [0.5, 0.6) is 5.75 Å². The molecule has 1 aliphatic rings. The quantitative estimate of drug-likeness (QED) is 0.362. The van der Waals surface area contributed by atoms with Crippen molar-refractivity contribution in [2.75, 3.05) is 19.0 Å². The van der Waals surface area contributed by atoms with E-state index in [9.17, 15) is 0 Å². The molecule has 3 rings (SSSR count). The van der Waals surface area contributed by atoms with E-state index in [1.165, 1.54) is 93.0 Å². The third-order valence-electron chi connectivity index (χ3n) is 6.05. The van der Waals surface area contributed by atoms with Gasteiger partial charge in [0.1, 0.15) is 5.75 Å². The van der Waals surface area contributed by atoms with E-state index in [0.29, 0.717) is 0 Å². The van der Waals surface area contributed by atoms with Crippen LogP contribution in [0.2, 0.25) is 0 Å². The Labute approximate surface area is 183 Å². The summed E-state index contributed by atoms with van der Waals surface area (Å²) in [5, 5.41) is 5.01. The summed E-state index contributed by atoms with van der Waals surface area (Å²) in [6.07, 6.45) is 17.1. The molecule has 4 heteroatoms. The molecule has 0 bridgehead atoms. The molecule has 0 saturated heterocycles. The van der Waals surface area contributed by atoms with Crippen molar-refractivity contribution in [3.8, 4) is 5.75 Å². The molecule has 1 N–H and O–H groups in total. The third-order valence-corrected chi connectivity index (χ3v) is 6.05. The van der Waals surface area contributed by atoms with Gasteiger partial charge in [-0.05, 0) is 55.9 Å². The van der Waals surface area contributed by atoms with Gasteiger partial charge in [0.25, 0.3) is 0 Å². The highest BCUT2D eigenvalue weighted by Gasteiger charge is 2.18. The summed E-state index contributed by atoms with van der Waals surface area (Å²) >= 11 is 0. The zero-order valence-electron chi connectivity index (χ0n) is 18.4. The van der Waals surface area contributed by atoms with Gasteiger partial charge in [0, 0.05) is 23.3 Å². The van der Waals surface area contributed by atoms with E-state index in [1.807, 2.05) is 6.07 Å². The van der Waals surface area contributed by atoms with Gasteiger partial charge in [-0.3, -0.25) is 4.98 Å². The Bertz CT molecular complexity index is 747. The van der Waals surface area contributed by atoms with Crippen LogP contribution in [0.1, 0.15) is 88.8 Å². The van der Waals surface area contributed by atoms with Gasteiger partial charge in [-0.15, -0.1) is 12.4 Å². The summed E-state index contributed by atoms with van der Waals surface area (Å²) in [6.45, 7) is 3.34. The van der Waals surface area contributed by atoms with Crippen molar-refractivity contribution < 1.29 is 4.74 Å². The lowest BCUT2D eigenvalue weighted by Gasteiger charge is -2.22. The Kier molecular flexibility index (Phi) is 10.6. The molecule has 0 saturated carbocycles. The average Bonchev–Trinajstić information content (AvgIpc) is 2.74. The van der Waals surface area contributed by atoms with E-state index in [2.05, 4.69) is 24.4 Å². The monoisotopic (exact) mass is 418 g/mol. The molecule has 2 aromatic rings. The largest absolute Gasteiger partial charge is 0.497 e. The van der Waals surface area contributed by atoms with Crippen LogP contribution in [-0.2, 0) is 12.8 Å². The van der Waals surface area contributed by atoms with Crippen LogP contribution in [0.15, 0.2) is 18.2 Å². The number of anilines is 1. The molecule has 0 spiro atoms. The fourth-order valence-corrected chi connectivity index (χ4v) is 4.38. The van der Waals surface area contributed by atoms with E-state index in [1.54, 1.807) is 7.11 Å². The zero-order valence-corrected chi connectivity index (χ0v) is 19.2. The predicted molar refractivity (Wildman–Crippen MR) is 128 cm³/mol. The molecule has 0 unspecified atom stereocenters. The Morgan fingerprint density at radius 3 is 2.34 bits per heavy atom. The third kappa shape index (κ3) is 6.77. The number of aryl methyl sites for hydroxylation is 1. The fraction of sp³-hybridized carbons (Fsp3) is 0.640. The minimum Gasteiger partial charge on any atom is -0.497 e. The maximum atomic E-state index is 5.47. The molecule has 162 valence electrons. The average molecular weight is 419 g/mol. The number of methoxy groups -OCH3 is 1. The Balaban J connectivity index is 0.00000300. The number of benzene rings is 1. The fourth-order valence-electron chi connectivity index (χ4n) is 4.38. The summed E-state index contributed by atoms with van der Waals surface area (Å²) in [5.41, 5.74) is 5.16. The van der Waals surface area contributed by atoms with Crippen LogP contribution in [0.25, 0.3) is 10.9 Å². The second-order valence-electron chi connectivity index (χ2n) is 8.26. The summed E-state index contributed by atoms with van der Waals surface area (Å²) in [4.78, 5) is 4.96. The second-order valence-corrected chi connectivity index (χ2v) is 8.26. The zero-order chi connectivity index (χ0) is 19.6. The van der Waals surface area contributed by atoms with Crippen LogP contribution in [0.4, 0.5) is 5.69 Å². The van der Waals surface area contributed by atoms with Gasteiger partial charge in [0.15, 0.2) is 0 Å². The van der Waals surface area contributed by atoms with Crippen molar-refractivity contribution in [3.63, 3.8) is 0 Å². The number of halogens is 1. The Hall–Kier alpha value is -1.48.